The highest BCUT2D eigenvalue weighted by atomic mass is 15.1. The zero-order chi connectivity index (χ0) is 27.2. The van der Waals surface area contributed by atoms with Gasteiger partial charge in [0.15, 0.2) is 0 Å². The van der Waals surface area contributed by atoms with Crippen LogP contribution in [0.4, 0.5) is 0 Å². The van der Waals surface area contributed by atoms with E-state index in [0.29, 0.717) is 0 Å². The lowest BCUT2D eigenvalue weighted by molar-refractivity contribution is 0.245. The van der Waals surface area contributed by atoms with Crippen molar-refractivity contribution < 1.29 is 0 Å². The van der Waals surface area contributed by atoms with Crippen LogP contribution in [-0.2, 0) is 26.2 Å². The van der Waals surface area contributed by atoms with E-state index in [4.69, 9.17) is 0 Å². The minimum atomic E-state index is 0.888. The topological polar surface area (TPSA) is 6.48 Å². The minimum Gasteiger partial charge on any atom is -0.291 e. The highest BCUT2D eigenvalue weighted by molar-refractivity contribution is 5.53. The van der Waals surface area contributed by atoms with Gasteiger partial charge < -0.3 is 0 Å². The van der Waals surface area contributed by atoms with Crippen LogP contribution in [0.15, 0.2) is 157 Å². The number of benzene rings is 5. The lowest BCUT2D eigenvalue weighted by atomic mass is 10.1. The van der Waals surface area contributed by atoms with E-state index in [1.807, 2.05) is 0 Å². The third-order valence-electron chi connectivity index (χ3n) is 7.02. The summed E-state index contributed by atoms with van der Waals surface area (Å²) in [6.45, 7) is 5.38. The van der Waals surface area contributed by atoms with Gasteiger partial charge in [0.25, 0.3) is 0 Å². The molecule has 40 heavy (non-hydrogen) atoms. The van der Waals surface area contributed by atoms with Crippen molar-refractivity contribution in [2.75, 3.05) is 13.1 Å². The van der Waals surface area contributed by atoms with Gasteiger partial charge in [-0.3, -0.25) is 9.80 Å². The van der Waals surface area contributed by atoms with Crippen LogP contribution in [0.5, 0.6) is 0 Å². The van der Waals surface area contributed by atoms with Gasteiger partial charge in [0.1, 0.15) is 0 Å². The first kappa shape index (κ1) is 27.3. The SMILES string of the molecule is C(=C(CN(Cc1ccccc1)Cc1ccccc1)CN(Cc1ccccc1)Cc1ccccc1)c1ccccc1. The molecule has 0 aliphatic carbocycles. The van der Waals surface area contributed by atoms with Crippen molar-refractivity contribution in [3.8, 4) is 0 Å². The maximum Gasteiger partial charge on any atom is 0.0240 e. The van der Waals surface area contributed by atoms with E-state index in [-0.39, 0.29) is 0 Å². The summed E-state index contributed by atoms with van der Waals surface area (Å²) in [6.07, 6.45) is 2.39. The van der Waals surface area contributed by atoms with Crippen molar-refractivity contribution in [1.29, 1.82) is 0 Å². The van der Waals surface area contributed by atoms with Gasteiger partial charge in [0.05, 0.1) is 0 Å². The second-order valence-corrected chi connectivity index (χ2v) is 10.4. The first-order valence-corrected chi connectivity index (χ1v) is 14.1. The molecule has 0 unspecified atom stereocenters. The monoisotopic (exact) mass is 522 g/mol. The molecule has 0 amide bonds. The van der Waals surface area contributed by atoms with Crippen LogP contribution in [0.1, 0.15) is 27.8 Å². The Hall–Kier alpha value is -4.24. The van der Waals surface area contributed by atoms with E-state index < -0.39 is 0 Å². The van der Waals surface area contributed by atoms with Gasteiger partial charge in [-0.1, -0.05) is 158 Å². The Bertz CT molecular complexity index is 1240. The lowest BCUT2D eigenvalue weighted by Crippen LogP contribution is -2.31. The first-order chi connectivity index (χ1) is 19.8. The average Bonchev–Trinajstić information content (AvgIpc) is 3.00. The Morgan fingerprint density at radius 1 is 0.375 bits per heavy atom. The number of hydrogen-bond acceptors (Lipinski definition) is 2. The molecule has 0 fully saturated rings. The van der Waals surface area contributed by atoms with Gasteiger partial charge in [0.2, 0.25) is 0 Å². The zero-order valence-corrected chi connectivity index (χ0v) is 23.1. The van der Waals surface area contributed by atoms with Crippen LogP contribution in [-0.4, -0.2) is 22.9 Å². The van der Waals surface area contributed by atoms with Crippen LogP contribution >= 0.6 is 0 Å². The van der Waals surface area contributed by atoms with E-state index in [2.05, 4.69) is 168 Å². The molecule has 2 nitrogen and oxygen atoms in total. The fraction of sp³-hybridized carbons (Fsp3) is 0.158. The normalized spacial score (nSPS) is 11.1. The zero-order valence-electron chi connectivity index (χ0n) is 23.1. The van der Waals surface area contributed by atoms with Crippen molar-refractivity contribution in [3.05, 3.63) is 185 Å². The first-order valence-electron chi connectivity index (χ1n) is 14.1. The van der Waals surface area contributed by atoms with E-state index in [1.165, 1.54) is 33.4 Å². The summed E-state index contributed by atoms with van der Waals surface area (Å²) in [5.74, 6) is 0. The number of rotatable bonds is 13. The Morgan fingerprint density at radius 2 is 0.650 bits per heavy atom. The van der Waals surface area contributed by atoms with Crippen LogP contribution in [0.25, 0.3) is 6.08 Å². The maximum absolute atomic E-state index is 2.57. The van der Waals surface area contributed by atoms with Crippen LogP contribution in [0.3, 0.4) is 0 Å². The van der Waals surface area contributed by atoms with Crippen LogP contribution in [0.2, 0.25) is 0 Å². The molecule has 0 atom stereocenters. The molecule has 0 aromatic heterocycles. The largest absolute Gasteiger partial charge is 0.291 e. The molecule has 0 radical (unpaired) electrons. The molecule has 0 spiro atoms. The third kappa shape index (κ3) is 8.91. The molecule has 0 aliphatic heterocycles. The number of nitrogens with zero attached hydrogens (tertiary/aromatic N) is 2. The van der Waals surface area contributed by atoms with Crippen molar-refractivity contribution in [2.24, 2.45) is 0 Å². The molecule has 5 rings (SSSR count). The summed E-state index contributed by atoms with van der Waals surface area (Å²) >= 11 is 0. The predicted octanol–water partition coefficient (Wildman–Crippen LogP) is 8.47. The highest BCUT2D eigenvalue weighted by Crippen LogP contribution is 2.18. The fourth-order valence-electron chi connectivity index (χ4n) is 5.20. The molecule has 5 aromatic carbocycles. The molecule has 0 aliphatic rings. The summed E-state index contributed by atoms with van der Waals surface area (Å²) in [4.78, 5) is 5.14. The molecule has 5 aromatic rings. The lowest BCUT2D eigenvalue weighted by Gasteiger charge is -2.29. The molecule has 0 saturated carbocycles. The maximum atomic E-state index is 2.57. The van der Waals surface area contributed by atoms with Crippen LogP contribution in [0, 0.1) is 0 Å². The highest BCUT2D eigenvalue weighted by Gasteiger charge is 2.15. The summed E-state index contributed by atoms with van der Waals surface area (Å²) in [6, 6.07) is 54.1. The Balaban J connectivity index is 1.44. The van der Waals surface area contributed by atoms with Gasteiger partial charge in [-0.15, -0.1) is 0 Å². The number of hydrogen-bond donors (Lipinski definition) is 0. The minimum absolute atomic E-state index is 0.888. The summed E-state index contributed by atoms with van der Waals surface area (Å²) in [5.41, 5.74) is 8.00. The predicted molar refractivity (Wildman–Crippen MR) is 168 cm³/mol. The van der Waals surface area contributed by atoms with E-state index in [0.717, 1.165) is 39.3 Å². The molecule has 200 valence electrons. The summed E-state index contributed by atoms with van der Waals surface area (Å²) in [7, 11) is 0. The van der Waals surface area contributed by atoms with E-state index in [9.17, 15) is 0 Å². The molecule has 2 heteroatoms. The van der Waals surface area contributed by atoms with Gasteiger partial charge >= 0.3 is 0 Å². The average molecular weight is 523 g/mol. The fourth-order valence-corrected chi connectivity index (χ4v) is 5.20. The molecule has 0 heterocycles. The Morgan fingerprint density at radius 3 is 0.950 bits per heavy atom. The third-order valence-corrected chi connectivity index (χ3v) is 7.02. The standard InChI is InChI=1S/C38H38N2/c1-6-16-33(17-7-1)26-38(31-39(27-34-18-8-2-9-19-34)28-35-20-10-3-11-21-35)32-40(29-36-22-12-4-13-23-36)30-37-24-14-5-15-25-37/h1-26H,27-32H2. The molecular weight excluding hydrogens is 484 g/mol. The van der Waals surface area contributed by atoms with E-state index in [1.54, 1.807) is 0 Å². The molecule has 0 bridgehead atoms. The van der Waals surface area contributed by atoms with Crippen molar-refractivity contribution in [2.45, 2.75) is 26.2 Å². The molecular formula is C38H38N2. The summed E-state index contributed by atoms with van der Waals surface area (Å²) in [5, 5.41) is 0. The Labute approximate surface area is 239 Å². The summed E-state index contributed by atoms with van der Waals surface area (Å²) < 4.78 is 0. The molecule has 0 N–H and O–H groups in total. The second-order valence-electron chi connectivity index (χ2n) is 10.4. The van der Waals surface area contributed by atoms with Gasteiger partial charge in [0, 0.05) is 39.3 Å². The van der Waals surface area contributed by atoms with Crippen LogP contribution < -0.4 is 0 Å². The van der Waals surface area contributed by atoms with Crippen molar-refractivity contribution >= 4 is 6.08 Å². The van der Waals surface area contributed by atoms with Gasteiger partial charge in [-0.2, -0.15) is 0 Å². The second kappa shape index (κ2) is 14.8. The quantitative estimate of drug-likeness (QED) is 0.153. The van der Waals surface area contributed by atoms with Gasteiger partial charge in [-0.05, 0) is 33.4 Å². The molecule has 0 saturated heterocycles. The van der Waals surface area contributed by atoms with Crippen molar-refractivity contribution in [3.63, 3.8) is 0 Å². The van der Waals surface area contributed by atoms with Gasteiger partial charge in [-0.25, -0.2) is 0 Å². The smallest absolute Gasteiger partial charge is 0.0240 e. The Kier molecular flexibility index (Phi) is 10.1. The van der Waals surface area contributed by atoms with E-state index >= 15 is 0 Å². The van der Waals surface area contributed by atoms with Crippen molar-refractivity contribution in [1.82, 2.24) is 9.80 Å².